The Morgan fingerprint density at radius 2 is 1.93 bits per heavy atom. The molecule has 0 aliphatic carbocycles. The zero-order valence-corrected chi connectivity index (χ0v) is 8.54. The molecule has 1 aliphatic heterocycles. The van der Waals surface area contributed by atoms with Gasteiger partial charge in [0, 0.05) is 20.0 Å². The minimum atomic E-state index is -3.03. The number of halogens is 2. The van der Waals surface area contributed by atoms with Gasteiger partial charge in [-0.1, -0.05) is 5.16 Å². The highest BCUT2D eigenvalue weighted by atomic mass is 19.3. The van der Waals surface area contributed by atoms with E-state index in [1.54, 1.807) is 0 Å². The molecule has 0 saturated carbocycles. The van der Waals surface area contributed by atoms with Crippen molar-refractivity contribution in [1.29, 1.82) is 0 Å². The van der Waals surface area contributed by atoms with Gasteiger partial charge in [0.15, 0.2) is 0 Å². The largest absolute Gasteiger partial charge is 0.324 e. The maximum absolute atomic E-state index is 12.8. The molecule has 84 valence electrons. The van der Waals surface area contributed by atoms with Gasteiger partial charge in [0.05, 0.1) is 0 Å². The summed E-state index contributed by atoms with van der Waals surface area (Å²) in [7, 11) is 0. The molecule has 1 saturated heterocycles. The van der Waals surface area contributed by atoms with Gasteiger partial charge in [-0.3, -0.25) is 0 Å². The van der Waals surface area contributed by atoms with Crippen LogP contribution in [-0.4, -0.2) is 23.2 Å². The van der Waals surface area contributed by atoms with Crippen molar-refractivity contribution >= 4 is 6.01 Å². The van der Waals surface area contributed by atoms with E-state index in [0.29, 0.717) is 0 Å². The van der Waals surface area contributed by atoms with Gasteiger partial charge in [-0.15, -0.1) is 0 Å². The van der Waals surface area contributed by atoms with Crippen LogP contribution in [0.1, 0.15) is 32.0 Å². The van der Waals surface area contributed by atoms with Crippen molar-refractivity contribution in [2.45, 2.75) is 32.1 Å². The van der Waals surface area contributed by atoms with Gasteiger partial charge in [0.25, 0.3) is 0 Å². The fraction of sp³-hybridized carbons (Fsp3) is 0.778. The van der Waals surface area contributed by atoms with Crippen molar-refractivity contribution in [1.82, 2.24) is 10.1 Å². The molecule has 0 bridgehead atoms. The van der Waals surface area contributed by atoms with Crippen molar-refractivity contribution in [2.75, 3.05) is 18.0 Å². The molecule has 1 fully saturated rings. The second-order valence-electron chi connectivity index (χ2n) is 3.84. The van der Waals surface area contributed by atoms with Gasteiger partial charge in [-0.25, -0.2) is 0 Å². The topological polar surface area (TPSA) is 42.2 Å². The monoisotopic (exact) mass is 217 g/mol. The number of aromatic nitrogens is 2. The Kier molecular flexibility index (Phi) is 2.58. The third-order valence-corrected chi connectivity index (χ3v) is 2.43. The van der Waals surface area contributed by atoms with Gasteiger partial charge in [0.1, 0.15) is 0 Å². The molecule has 0 aromatic carbocycles. The molecule has 0 atom stereocenters. The summed E-state index contributed by atoms with van der Waals surface area (Å²) in [5.41, 5.74) is 0. The van der Waals surface area contributed by atoms with Crippen molar-refractivity contribution in [3.05, 3.63) is 5.82 Å². The normalized spacial score (nSPS) is 18.2. The van der Waals surface area contributed by atoms with Gasteiger partial charge < -0.3 is 9.42 Å². The van der Waals surface area contributed by atoms with Crippen LogP contribution in [0.15, 0.2) is 4.52 Å². The molecule has 2 heterocycles. The Morgan fingerprint density at radius 3 is 2.47 bits per heavy atom. The Labute approximate surface area is 86.3 Å². The highest BCUT2D eigenvalue weighted by Crippen LogP contribution is 2.26. The summed E-state index contributed by atoms with van der Waals surface area (Å²) < 4.78 is 30.5. The number of alkyl halides is 2. The Hall–Kier alpha value is -1.20. The predicted molar refractivity (Wildman–Crippen MR) is 49.9 cm³/mol. The van der Waals surface area contributed by atoms with E-state index >= 15 is 0 Å². The number of hydrogen-bond donors (Lipinski definition) is 0. The van der Waals surface area contributed by atoms with E-state index in [-0.39, 0.29) is 6.01 Å². The Bertz CT molecular complexity index is 328. The van der Waals surface area contributed by atoms with Gasteiger partial charge in [0.2, 0.25) is 5.82 Å². The first-order valence-corrected chi connectivity index (χ1v) is 5.04. The van der Waals surface area contributed by atoms with Crippen molar-refractivity contribution in [3.63, 3.8) is 0 Å². The second kappa shape index (κ2) is 3.75. The smallest absolute Gasteiger partial charge is 0.324 e. The van der Waals surface area contributed by atoms with Crippen LogP contribution in [0.25, 0.3) is 0 Å². The lowest BCUT2D eigenvalue weighted by molar-refractivity contribution is 0.00559. The summed E-state index contributed by atoms with van der Waals surface area (Å²) in [4.78, 5) is 5.56. The van der Waals surface area contributed by atoms with E-state index < -0.39 is 11.7 Å². The number of rotatable bonds is 2. The first-order chi connectivity index (χ1) is 7.07. The fourth-order valence-electron chi connectivity index (χ4n) is 1.61. The van der Waals surface area contributed by atoms with Gasteiger partial charge >= 0.3 is 11.9 Å². The number of piperidine rings is 1. The van der Waals surface area contributed by atoms with E-state index in [1.165, 1.54) is 6.42 Å². The zero-order chi connectivity index (χ0) is 10.9. The summed E-state index contributed by atoms with van der Waals surface area (Å²) in [6.07, 6.45) is 3.25. The van der Waals surface area contributed by atoms with Crippen molar-refractivity contribution < 1.29 is 13.3 Å². The molecule has 1 aliphatic rings. The molecule has 0 radical (unpaired) electrons. The van der Waals surface area contributed by atoms with Crippen LogP contribution in [-0.2, 0) is 5.92 Å². The molecule has 0 spiro atoms. The zero-order valence-electron chi connectivity index (χ0n) is 8.54. The van der Waals surface area contributed by atoms with Crippen LogP contribution < -0.4 is 4.90 Å². The quantitative estimate of drug-likeness (QED) is 0.761. The second-order valence-corrected chi connectivity index (χ2v) is 3.84. The van der Waals surface area contributed by atoms with Crippen LogP contribution in [0.5, 0.6) is 0 Å². The average Bonchev–Trinajstić information content (AvgIpc) is 2.67. The van der Waals surface area contributed by atoms with Crippen LogP contribution in [0.2, 0.25) is 0 Å². The molecule has 0 unspecified atom stereocenters. The summed E-state index contributed by atoms with van der Waals surface area (Å²) >= 11 is 0. The molecule has 0 amide bonds. The molecule has 4 nitrogen and oxygen atoms in total. The fourth-order valence-corrected chi connectivity index (χ4v) is 1.61. The lowest BCUT2D eigenvalue weighted by Crippen LogP contribution is -2.29. The molecule has 1 aromatic heterocycles. The Morgan fingerprint density at radius 1 is 1.27 bits per heavy atom. The van der Waals surface area contributed by atoms with Crippen LogP contribution in [0.3, 0.4) is 0 Å². The summed E-state index contributed by atoms with van der Waals surface area (Å²) in [6, 6.07) is 0.214. The highest BCUT2D eigenvalue weighted by Gasteiger charge is 2.32. The van der Waals surface area contributed by atoms with Crippen molar-refractivity contribution in [3.8, 4) is 0 Å². The lowest BCUT2D eigenvalue weighted by atomic mass is 10.1. The number of nitrogens with zero attached hydrogens (tertiary/aromatic N) is 3. The molecule has 0 N–H and O–H groups in total. The Balaban J connectivity index is 2.12. The van der Waals surface area contributed by atoms with Crippen LogP contribution in [0.4, 0.5) is 14.8 Å². The molecule has 1 aromatic rings. The number of anilines is 1. The molecule has 2 rings (SSSR count). The molecule has 6 heteroatoms. The predicted octanol–water partition coefficient (Wildman–Crippen LogP) is 2.17. The van der Waals surface area contributed by atoms with Crippen molar-refractivity contribution in [2.24, 2.45) is 0 Å². The van der Waals surface area contributed by atoms with E-state index in [4.69, 9.17) is 4.52 Å². The average molecular weight is 217 g/mol. The standard InChI is InChI=1S/C9H13F2N3O/c1-9(10,11)7-12-8(15-13-7)14-5-3-2-4-6-14/h2-6H2,1H3. The third-order valence-electron chi connectivity index (χ3n) is 2.43. The molecular formula is C9H13F2N3O. The first-order valence-electron chi connectivity index (χ1n) is 5.04. The SMILES string of the molecule is CC(F)(F)c1noc(N2CCCCC2)n1. The van der Waals surface area contributed by atoms with Crippen LogP contribution in [0, 0.1) is 0 Å². The maximum Gasteiger partial charge on any atom is 0.324 e. The maximum atomic E-state index is 12.8. The number of hydrogen-bond acceptors (Lipinski definition) is 4. The van der Waals surface area contributed by atoms with E-state index in [9.17, 15) is 8.78 Å². The minimum Gasteiger partial charge on any atom is -0.324 e. The summed E-state index contributed by atoms with van der Waals surface area (Å²) in [5, 5.41) is 3.28. The lowest BCUT2D eigenvalue weighted by Gasteiger charge is -2.23. The molecular weight excluding hydrogens is 204 g/mol. The summed E-state index contributed by atoms with van der Waals surface area (Å²) in [5.74, 6) is -3.57. The van der Waals surface area contributed by atoms with Gasteiger partial charge in [-0.2, -0.15) is 13.8 Å². The van der Waals surface area contributed by atoms with E-state index in [2.05, 4.69) is 10.1 Å². The third kappa shape index (κ3) is 2.24. The molecule has 15 heavy (non-hydrogen) atoms. The van der Waals surface area contributed by atoms with E-state index in [0.717, 1.165) is 32.9 Å². The van der Waals surface area contributed by atoms with Gasteiger partial charge in [-0.05, 0) is 19.3 Å². The van der Waals surface area contributed by atoms with Crippen LogP contribution >= 0.6 is 0 Å². The summed E-state index contributed by atoms with van der Waals surface area (Å²) in [6.45, 7) is 2.37. The minimum absolute atomic E-state index is 0.214. The first kappa shape index (κ1) is 10.3. The van der Waals surface area contributed by atoms with E-state index in [1.807, 2.05) is 4.90 Å². The highest BCUT2D eigenvalue weighted by molar-refractivity contribution is 5.25.